The van der Waals surface area contributed by atoms with Crippen LogP contribution in [0.15, 0.2) is 71.6 Å². The van der Waals surface area contributed by atoms with Crippen molar-refractivity contribution in [2.75, 3.05) is 4.90 Å². The third-order valence-electron chi connectivity index (χ3n) is 4.69. The Labute approximate surface area is 173 Å². The van der Waals surface area contributed by atoms with Crippen molar-refractivity contribution in [1.29, 1.82) is 0 Å². The molecule has 0 spiro atoms. The molecule has 1 aliphatic rings. The van der Waals surface area contributed by atoms with E-state index in [0.29, 0.717) is 4.88 Å². The van der Waals surface area contributed by atoms with Gasteiger partial charge in [-0.1, -0.05) is 18.2 Å². The number of hydrogen-bond acceptors (Lipinski definition) is 6. The van der Waals surface area contributed by atoms with Crippen molar-refractivity contribution < 1.29 is 24.0 Å². The minimum Gasteiger partial charge on any atom is -0.507 e. The van der Waals surface area contributed by atoms with E-state index < -0.39 is 34.2 Å². The first kappa shape index (κ1) is 19.5. The summed E-state index contributed by atoms with van der Waals surface area (Å²) in [5, 5.41) is 23.7. The number of ketones is 1. The molecule has 4 rings (SSSR count). The van der Waals surface area contributed by atoms with Crippen molar-refractivity contribution in [2.45, 2.75) is 6.04 Å². The number of amides is 1. The van der Waals surface area contributed by atoms with Crippen LogP contribution in [-0.4, -0.2) is 21.7 Å². The lowest BCUT2D eigenvalue weighted by Crippen LogP contribution is -2.29. The largest absolute Gasteiger partial charge is 0.507 e. The van der Waals surface area contributed by atoms with Crippen LogP contribution in [0.2, 0.25) is 0 Å². The Morgan fingerprint density at radius 1 is 1.10 bits per heavy atom. The standard InChI is InChI=1S/C21H13FN2O5S/c22-13-6-8-14(9-7-13)23-18(16-5-2-10-30-16)17(20(26)21(23)27)19(25)12-3-1-4-15(11-12)24(28)29/h1-11,18,25H/b19-17-. The predicted molar refractivity (Wildman–Crippen MR) is 109 cm³/mol. The number of anilines is 1. The molecule has 1 amide bonds. The molecule has 30 heavy (non-hydrogen) atoms. The molecular weight excluding hydrogens is 411 g/mol. The molecule has 0 radical (unpaired) electrons. The molecule has 9 heteroatoms. The van der Waals surface area contributed by atoms with Crippen molar-refractivity contribution in [2.24, 2.45) is 0 Å². The minimum absolute atomic E-state index is 0.0443. The van der Waals surface area contributed by atoms with Crippen LogP contribution in [0.3, 0.4) is 0 Å². The summed E-state index contributed by atoms with van der Waals surface area (Å²) in [4.78, 5) is 38.0. The van der Waals surface area contributed by atoms with Gasteiger partial charge in [-0.3, -0.25) is 24.6 Å². The first-order valence-electron chi connectivity index (χ1n) is 8.73. The van der Waals surface area contributed by atoms with Gasteiger partial charge >= 0.3 is 0 Å². The summed E-state index contributed by atoms with van der Waals surface area (Å²) < 4.78 is 13.4. The first-order chi connectivity index (χ1) is 14.4. The fraction of sp³-hybridized carbons (Fsp3) is 0.0476. The number of Topliss-reactive ketones (excluding diaryl/α,β-unsaturated/α-hetero) is 1. The van der Waals surface area contributed by atoms with Gasteiger partial charge in [0.25, 0.3) is 17.4 Å². The number of halogens is 1. The zero-order valence-corrected chi connectivity index (χ0v) is 16.0. The highest BCUT2D eigenvalue weighted by molar-refractivity contribution is 7.10. The molecule has 0 bridgehead atoms. The zero-order chi connectivity index (χ0) is 21.4. The molecule has 3 aromatic rings. The number of nitrogens with zero attached hydrogens (tertiary/aromatic N) is 2. The van der Waals surface area contributed by atoms with Crippen molar-refractivity contribution in [3.63, 3.8) is 0 Å². The van der Waals surface area contributed by atoms with E-state index in [-0.39, 0.29) is 22.5 Å². The van der Waals surface area contributed by atoms with Gasteiger partial charge in [0, 0.05) is 28.3 Å². The van der Waals surface area contributed by atoms with E-state index in [9.17, 15) is 29.2 Å². The number of thiophene rings is 1. The van der Waals surface area contributed by atoms with Crippen LogP contribution in [0, 0.1) is 15.9 Å². The number of carbonyl (C=O) groups is 2. The number of hydrogen-bond donors (Lipinski definition) is 1. The molecule has 2 heterocycles. The van der Waals surface area contributed by atoms with Gasteiger partial charge in [0.05, 0.1) is 10.5 Å². The van der Waals surface area contributed by atoms with Gasteiger partial charge in [0.1, 0.15) is 17.6 Å². The van der Waals surface area contributed by atoms with Crippen molar-refractivity contribution in [3.05, 3.63) is 98.0 Å². The number of nitro benzene ring substituents is 1. The van der Waals surface area contributed by atoms with Gasteiger partial charge in [0.15, 0.2) is 0 Å². The van der Waals surface area contributed by atoms with Crippen molar-refractivity contribution in [1.82, 2.24) is 0 Å². The van der Waals surface area contributed by atoms with E-state index in [0.717, 1.165) is 6.07 Å². The Kier molecular flexibility index (Phi) is 4.88. The van der Waals surface area contributed by atoms with Crippen LogP contribution < -0.4 is 4.90 Å². The summed E-state index contributed by atoms with van der Waals surface area (Å²) in [6, 6.07) is 12.7. The Bertz CT molecular complexity index is 1190. The van der Waals surface area contributed by atoms with Crippen LogP contribution in [0.25, 0.3) is 5.76 Å². The van der Waals surface area contributed by atoms with Crippen molar-refractivity contribution >= 4 is 40.2 Å². The Morgan fingerprint density at radius 3 is 2.47 bits per heavy atom. The summed E-state index contributed by atoms with van der Waals surface area (Å²) in [5.74, 6) is -2.83. The van der Waals surface area contributed by atoms with E-state index in [1.54, 1.807) is 17.5 Å². The second kappa shape index (κ2) is 7.53. The van der Waals surface area contributed by atoms with Crippen LogP contribution in [0.1, 0.15) is 16.5 Å². The lowest BCUT2D eigenvalue weighted by Gasteiger charge is -2.24. The summed E-state index contributed by atoms with van der Waals surface area (Å²) in [5.41, 5.74) is -0.121. The van der Waals surface area contributed by atoms with Gasteiger partial charge in [-0.2, -0.15) is 0 Å². The molecule has 1 fully saturated rings. The van der Waals surface area contributed by atoms with Gasteiger partial charge in [-0.05, 0) is 35.7 Å². The molecular formula is C21H13FN2O5S. The fourth-order valence-electron chi connectivity index (χ4n) is 3.34. The molecule has 7 nitrogen and oxygen atoms in total. The maximum absolute atomic E-state index is 13.4. The van der Waals surface area contributed by atoms with Gasteiger partial charge in [-0.25, -0.2) is 4.39 Å². The highest BCUT2D eigenvalue weighted by Crippen LogP contribution is 2.43. The van der Waals surface area contributed by atoms with Crippen LogP contribution in [-0.2, 0) is 9.59 Å². The van der Waals surface area contributed by atoms with E-state index in [4.69, 9.17) is 0 Å². The highest BCUT2D eigenvalue weighted by atomic mass is 32.1. The molecule has 1 atom stereocenters. The van der Waals surface area contributed by atoms with Gasteiger partial charge in [-0.15, -0.1) is 11.3 Å². The number of carbonyl (C=O) groups excluding carboxylic acids is 2. The summed E-state index contributed by atoms with van der Waals surface area (Å²) in [6.45, 7) is 0. The maximum atomic E-state index is 13.4. The SMILES string of the molecule is O=C1C(=O)N(c2ccc(F)cc2)C(c2cccs2)/C1=C(/O)c1cccc([N+](=O)[O-])c1. The molecule has 1 aliphatic heterocycles. The van der Waals surface area contributed by atoms with E-state index in [2.05, 4.69) is 0 Å². The number of nitro groups is 1. The maximum Gasteiger partial charge on any atom is 0.300 e. The van der Waals surface area contributed by atoms with Crippen LogP contribution >= 0.6 is 11.3 Å². The Morgan fingerprint density at radius 2 is 1.83 bits per heavy atom. The Balaban J connectivity index is 1.92. The fourth-order valence-corrected chi connectivity index (χ4v) is 4.16. The summed E-state index contributed by atoms with van der Waals surface area (Å²) in [6.07, 6.45) is 0. The molecule has 2 aromatic carbocycles. The topological polar surface area (TPSA) is 101 Å². The lowest BCUT2D eigenvalue weighted by molar-refractivity contribution is -0.384. The average molecular weight is 424 g/mol. The highest BCUT2D eigenvalue weighted by Gasteiger charge is 2.47. The minimum atomic E-state index is -0.949. The number of benzene rings is 2. The van der Waals surface area contributed by atoms with E-state index in [1.807, 2.05) is 0 Å². The smallest absolute Gasteiger partial charge is 0.300 e. The van der Waals surface area contributed by atoms with E-state index in [1.165, 1.54) is 58.7 Å². The molecule has 1 unspecified atom stereocenters. The first-order valence-corrected chi connectivity index (χ1v) is 9.61. The lowest BCUT2D eigenvalue weighted by atomic mass is 9.99. The second-order valence-electron chi connectivity index (χ2n) is 6.47. The third-order valence-corrected chi connectivity index (χ3v) is 5.62. The molecule has 1 saturated heterocycles. The van der Waals surface area contributed by atoms with Crippen molar-refractivity contribution in [3.8, 4) is 0 Å². The van der Waals surface area contributed by atoms with Gasteiger partial charge in [0.2, 0.25) is 0 Å². The average Bonchev–Trinajstić information content (AvgIpc) is 3.36. The molecule has 0 aliphatic carbocycles. The van der Waals surface area contributed by atoms with Crippen LogP contribution in [0.5, 0.6) is 0 Å². The quantitative estimate of drug-likeness (QED) is 0.220. The van der Waals surface area contributed by atoms with Gasteiger partial charge < -0.3 is 5.11 Å². The normalized spacial score (nSPS) is 18.0. The Hall–Kier alpha value is -3.85. The number of aliphatic hydroxyl groups is 1. The number of aliphatic hydroxyl groups excluding tert-OH is 1. The van der Waals surface area contributed by atoms with Crippen LogP contribution in [0.4, 0.5) is 15.8 Å². The second-order valence-corrected chi connectivity index (χ2v) is 7.45. The molecule has 150 valence electrons. The number of non-ortho nitro benzene ring substituents is 1. The van der Waals surface area contributed by atoms with E-state index >= 15 is 0 Å². The predicted octanol–water partition coefficient (Wildman–Crippen LogP) is 4.42. The molecule has 0 saturated carbocycles. The molecule has 1 N–H and O–H groups in total. The summed E-state index contributed by atoms with van der Waals surface area (Å²) in [7, 11) is 0. The number of rotatable bonds is 4. The third kappa shape index (κ3) is 3.25. The molecule has 1 aromatic heterocycles. The monoisotopic (exact) mass is 424 g/mol. The zero-order valence-electron chi connectivity index (χ0n) is 15.2. The summed E-state index contributed by atoms with van der Waals surface area (Å²) >= 11 is 1.28.